The Bertz CT molecular complexity index is 1150. The second kappa shape index (κ2) is 7.69. The van der Waals surface area contributed by atoms with Crippen LogP contribution in [0.1, 0.15) is 42.0 Å². The first-order valence-electron chi connectivity index (χ1n) is 10.5. The molecule has 6 heteroatoms. The highest BCUT2D eigenvalue weighted by Crippen LogP contribution is 2.39. The number of phenols is 1. The third-order valence-corrected chi connectivity index (χ3v) is 6.11. The van der Waals surface area contributed by atoms with Gasteiger partial charge in [0.05, 0.1) is 13.2 Å². The van der Waals surface area contributed by atoms with Crippen LogP contribution in [-0.4, -0.2) is 29.8 Å². The first kappa shape index (κ1) is 19.0. The summed E-state index contributed by atoms with van der Waals surface area (Å²) in [4.78, 5) is 14.6. The molecule has 1 N–H and O–H groups in total. The Labute approximate surface area is 174 Å². The maximum Gasteiger partial charge on any atom is 0.336 e. The number of aromatic hydroxyl groups is 1. The molecule has 6 nitrogen and oxygen atoms in total. The van der Waals surface area contributed by atoms with Crippen molar-refractivity contribution in [2.24, 2.45) is 0 Å². The Kier molecular flexibility index (Phi) is 4.87. The second-order valence-electron chi connectivity index (χ2n) is 8.06. The van der Waals surface area contributed by atoms with Gasteiger partial charge in [0.1, 0.15) is 11.3 Å². The molecule has 1 saturated heterocycles. The number of rotatable bonds is 3. The molecule has 2 aliphatic heterocycles. The number of fused-ring (bicyclic) bond motifs is 2. The summed E-state index contributed by atoms with van der Waals surface area (Å²) in [6.45, 7) is 4.72. The smallest absolute Gasteiger partial charge is 0.336 e. The molecule has 1 fully saturated rings. The molecule has 30 heavy (non-hydrogen) atoms. The Hall–Kier alpha value is -2.99. The van der Waals surface area contributed by atoms with Crippen LogP contribution in [0.3, 0.4) is 0 Å². The van der Waals surface area contributed by atoms with Crippen LogP contribution in [0.4, 0.5) is 0 Å². The van der Waals surface area contributed by atoms with E-state index in [1.165, 1.54) is 5.56 Å². The lowest BCUT2D eigenvalue weighted by atomic mass is 10.0. The standard InChI is InChI=1S/C24H25NO5/c1-15-20(26)7-6-18-17(13-23(27)30-24(15)18)14-25-9-2-4-19(25)16-5-8-21-22(12-16)29-11-3-10-28-21/h5-8,12-13,19,26H,2-4,9-11,14H2,1H3. The second-order valence-corrected chi connectivity index (χ2v) is 8.06. The minimum atomic E-state index is -0.391. The van der Waals surface area contributed by atoms with Crippen LogP contribution in [0.2, 0.25) is 0 Å². The topological polar surface area (TPSA) is 72.1 Å². The molecule has 1 unspecified atom stereocenters. The van der Waals surface area contributed by atoms with E-state index >= 15 is 0 Å². The SMILES string of the molecule is Cc1c(O)ccc2c(CN3CCCC3c3ccc4c(c3)OCCCO4)cc(=O)oc12. The molecule has 0 amide bonds. The van der Waals surface area contributed by atoms with Gasteiger partial charge in [0.2, 0.25) is 0 Å². The van der Waals surface area contributed by atoms with E-state index in [4.69, 9.17) is 13.9 Å². The van der Waals surface area contributed by atoms with Crippen LogP contribution >= 0.6 is 0 Å². The molecule has 1 aromatic heterocycles. The van der Waals surface area contributed by atoms with E-state index in [9.17, 15) is 9.90 Å². The Morgan fingerprint density at radius 3 is 2.77 bits per heavy atom. The van der Waals surface area contributed by atoms with Crippen molar-refractivity contribution in [2.75, 3.05) is 19.8 Å². The third-order valence-electron chi connectivity index (χ3n) is 6.11. The van der Waals surface area contributed by atoms with Crippen molar-refractivity contribution in [3.8, 4) is 17.2 Å². The third kappa shape index (κ3) is 3.41. The number of hydrogen-bond donors (Lipinski definition) is 1. The fourth-order valence-electron chi connectivity index (χ4n) is 4.55. The van der Waals surface area contributed by atoms with Crippen molar-refractivity contribution in [2.45, 2.75) is 38.8 Å². The zero-order valence-electron chi connectivity index (χ0n) is 17.0. The normalized spacial score (nSPS) is 19.2. The molecule has 1 atom stereocenters. The van der Waals surface area contributed by atoms with Crippen LogP contribution in [0.25, 0.3) is 11.0 Å². The van der Waals surface area contributed by atoms with Gasteiger partial charge in [0, 0.05) is 36.0 Å². The Morgan fingerprint density at radius 1 is 1.07 bits per heavy atom. The van der Waals surface area contributed by atoms with Crippen LogP contribution in [0, 0.1) is 6.92 Å². The molecule has 0 saturated carbocycles. The molecule has 156 valence electrons. The minimum absolute atomic E-state index is 0.133. The number of hydrogen-bond acceptors (Lipinski definition) is 6. The maximum absolute atomic E-state index is 12.2. The molecule has 0 radical (unpaired) electrons. The van der Waals surface area contributed by atoms with E-state index in [0.29, 0.717) is 30.9 Å². The Morgan fingerprint density at radius 2 is 1.90 bits per heavy atom. The number of phenolic OH excluding ortho intramolecular Hbond substituents is 1. The molecule has 0 spiro atoms. The zero-order valence-corrected chi connectivity index (χ0v) is 17.0. The average molecular weight is 407 g/mol. The van der Waals surface area contributed by atoms with Gasteiger partial charge in [0.25, 0.3) is 0 Å². The Balaban J connectivity index is 1.48. The van der Waals surface area contributed by atoms with Gasteiger partial charge < -0.3 is 19.0 Å². The van der Waals surface area contributed by atoms with E-state index in [1.807, 2.05) is 12.1 Å². The maximum atomic E-state index is 12.2. The molecular formula is C24H25NO5. The summed E-state index contributed by atoms with van der Waals surface area (Å²) >= 11 is 0. The fraction of sp³-hybridized carbons (Fsp3) is 0.375. The molecule has 3 aromatic rings. The number of aryl methyl sites for hydroxylation is 1. The molecule has 3 heterocycles. The van der Waals surface area contributed by atoms with Crippen LogP contribution in [0.5, 0.6) is 17.2 Å². The van der Waals surface area contributed by atoms with Gasteiger partial charge in [0.15, 0.2) is 11.5 Å². The summed E-state index contributed by atoms with van der Waals surface area (Å²) in [7, 11) is 0. The van der Waals surface area contributed by atoms with Crippen molar-refractivity contribution in [1.29, 1.82) is 0 Å². The lowest BCUT2D eigenvalue weighted by molar-refractivity contribution is 0.248. The van der Waals surface area contributed by atoms with Gasteiger partial charge in [-0.15, -0.1) is 0 Å². The van der Waals surface area contributed by atoms with Crippen LogP contribution < -0.4 is 15.1 Å². The van der Waals surface area contributed by atoms with Gasteiger partial charge in [-0.3, -0.25) is 4.90 Å². The lowest BCUT2D eigenvalue weighted by Gasteiger charge is -2.26. The van der Waals surface area contributed by atoms with Gasteiger partial charge in [-0.05, 0) is 61.7 Å². The average Bonchev–Trinajstić information content (AvgIpc) is 3.06. The summed E-state index contributed by atoms with van der Waals surface area (Å²) in [6, 6.07) is 11.5. The predicted molar refractivity (Wildman–Crippen MR) is 113 cm³/mol. The van der Waals surface area contributed by atoms with Crippen molar-refractivity contribution in [3.63, 3.8) is 0 Å². The highest BCUT2D eigenvalue weighted by molar-refractivity contribution is 5.84. The van der Waals surface area contributed by atoms with Gasteiger partial charge in [-0.2, -0.15) is 0 Å². The molecule has 2 aromatic carbocycles. The quantitative estimate of drug-likeness (QED) is 0.653. The summed E-state index contributed by atoms with van der Waals surface area (Å²) in [5.41, 5.74) is 2.79. The van der Waals surface area contributed by atoms with Gasteiger partial charge in [-0.1, -0.05) is 6.07 Å². The van der Waals surface area contributed by atoms with Crippen LogP contribution in [0.15, 0.2) is 45.6 Å². The lowest BCUT2D eigenvalue weighted by Crippen LogP contribution is -2.23. The molecule has 0 bridgehead atoms. The summed E-state index contributed by atoms with van der Waals surface area (Å²) < 4.78 is 17.0. The molecule has 5 rings (SSSR count). The van der Waals surface area contributed by atoms with Crippen molar-refractivity contribution in [1.82, 2.24) is 4.90 Å². The number of ether oxygens (including phenoxy) is 2. The zero-order chi connectivity index (χ0) is 20.7. The summed E-state index contributed by atoms with van der Waals surface area (Å²) in [6.07, 6.45) is 3.04. The monoisotopic (exact) mass is 407 g/mol. The first-order chi connectivity index (χ1) is 14.6. The first-order valence-corrected chi connectivity index (χ1v) is 10.5. The molecule has 0 aliphatic carbocycles. The van der Waals surface area contributed by atoms with E-state index in [-0.39, 0.29) is 11.8 Å². The fourth-order valence-corrected chi connectivity index (χ4v) is 4.55. The molecule has 2 aliphatic rings. The van der Waals surface area contributed by atoms with Gasteiger partial charge >= 0.3 is 5.63 Å². The highest BCUT2D eigenvalue weighted by atomic mass is 16.5. The van der Waals surface area contributed by atoms with E-state index in [1.54, 1.807) is 19.1 Å². The summed E-state index contributed by atoms with van der Waals surface area (Å²) in [5.74, 6) is 1.76. The van der Waals surface area contributed by atoms with Crippen molar-refractivity contribution >= 4 is 11.0 Å². The van der Waals surface area contributed by atoms with Crippen molar-refractivity contribution < 1.29 is 19.0 Å². The number of likely N-dealkylation sites (tertiary alicyclic amines) is 1. The highest BCUT2D eigenvalue weighted by Gasteiger charge is 2.28. The van der Waals surface area contributed by atoms with Crippen LogP contribution in [-0.2, 0) is 6.54 Å². The minimum Gasteiger partial charge on any atom is -0.508 e. The number of nitrogens with zero attached hydrogens (tertiary/aromatic N) is 1. The summed E-state index contributed by atoms with van der Waals surface area (Å²) in [5, 5.41) is 10.9. The van der Waals surface area contributed by atoms with Gasteiger partial charge in [-0.25, -0.2) is 4.79 Å². The largest absolute Gasteiger partial charge is 0.508 e. The van der Waals surface area contributed by atoms with E-state index in [0.717, 1.165) is 48.3 Å². The van der Waals surface area contributed by atoms with E-state index in [2.05, 4.69) is 17.0 Å². The molecular weight excluding hydrogens is 382 g/mol. The van der Waals surface area contributed by atoms with Crippen molar-refractivity contribution in [3.05, 3.63) is 63.5 Å². The number of benzene rings is 2. The van der Waals surface area contributed by atoms with E-state index < -0.39 is 5.63 Å². The predicted octanol–water partition coefficient (Wildman–Crippen LogP) is 4.31.